The van der Waals surface area contributed by atoms with Crippen LogP contribution in [0.25, 0.3) is 0 Å². The maximum absolute atomic E-state index is 13.6. The number of allylic oxidation sites excluding steroid dienone is 1. The van der Waals surface area contributed by atoms with E-state index in [-0.39, 0.29) is 58.4 Å². The van der Waals surface area contributed by atoms with Gasteiger partial charge in [-0.15, -0.1) is 0 Å². The summed E-state index contributed by atoms with van der Waals surface area (Å²) in [5.41, 5.74) is 0.700. The molecule has 5 heteroatoms. The quantitative estimate of drug-likeness (QED) is 0.593. The van der Waals surface area contributed by atoms with E-state index in [1.165, 1.54) is 0 Å². The van der Waals surface area contributed by atoms with E-state index in [0.717, 1.165) is 44.3 Å². The van der Waals surface area contributed by atoms with Gasteiger partial charge in [-0.3, -0.25) is 4.79 Å². The number of fused-ring (bicyclic) bond motifs is 7. The summed E-state index contributed by atoms with van der Waals surface area (Å²) in [7, 11) is 0. The van der Waals surface area contributed by atoms with Crippen LogP contribution in [0, 0.1) is 46.3 Å². The highest BCUT2D eigenvalue weighted by molar-refractivity contribution is 5.94. The van der Waals surface area contributed by atoms with Crippen LogP contribution in [0.5, 0.6) is 0 Å². The molecule has 3 saturated carbocycles. The molecule has 0 aromatic rings. The van der Waals surface area contributed by atoms with Crippen LogP contribution in [0.15, 0.2) is 11.6 Å². The molecule has 0 aromatic heterocycles. The summed E-state index contributed by atoms with van der Waals surface area (Å²) in [6.45, 7) is 9.76. The summed E-state index contributed by atoms with van der Waals surface area (Å²) in [6, 6.07) is 0. The predicted octanol–water partition coefficient (Wildman–Crippen LogP) is 3.86. The van der Waals surface area contributed by atoms with Gasteiger partial charge in [0.15, 0.2) is 11.6 Å². The van der Waals surface area contributed by atoms with Crippen molar-refractivity contribution in [3.05, 3.63) is 11.6 Å². The SMILES string of the molecule is C[C@@H]1CC[C@@]2(OC1)O[C@H]1C[C@H]3[C@@H]4C(=O)C=C5C[C@@H](O)CC[C@]5(C)[C@H]4C[C@@H](O)[C@]3(C)[C@H]1[C@@H]2C. The minimum absolute atomic E-state index is 0.0444. The molecule has 0 radical (unpaired) electrons. The van der Waals surface area contributed by atoms with Gasteiger partial charge in [0.25, 0.3) is 0 Å². The lowest BCUT2D eigenvalue weighted by molar-refractivity contribution is -0.273. The first-order chi connectivity index (χ1) is 15.1. The van der Waals surface area contributed by atoms with Crippen LogP contribution in [0.3, 0.4) is 0 Å². The highest BCUT2D eigenvalue weighted by Crippen LogP contribution is 2.70. The summed E-state index contributed by atoms with van der Waals surface area (Å²) >= 11 is 0. The number of ketones is 1. The van der Waals surface area contributed by atoms with E-state index in [0.29, 0.717) is 18.8 Å². The molecule has 0 bridgehead atoms. The lowest BCUT2D eigenvalue weighted by Crippen LogP contribution is -2.59. The topological polar surface area (TPSA) is 76.0 Å². The van der Waals surface area contributed by atoms with Crippen LogP contribution in [-0.4, -0.2) is 46.7 Å². The number of aliphatic hydroxyl groups is 2. The van der Waals surface area contributed by atoms with Gasteiger partial charge < -0.3 is 19.7 Å². The van der Waals surface area contributed by atoms with Crippen molar-refractivity contribution in [3.8, 4) is 0 Å². The Balaban J connectivity index is 1.35. The van der Waals surface area contributed by atoms with Crippen molar-refractivity contribution in [2.45, 2.75) is 96.7 Å². The lowest BCUT2D eigenvalue weighted by atomic mass is 9.45. The van der Waals surface area contributed by atoms with Crippen molar-refractivity contribution in [3.63, 3.8) is 0 Å². The Kier molecular flexibility index (Phi) is 4.69. The second kappa shape index (κ2) is 6.90. The number of carbonyl (C=O) groups excluding carboxylic acids is 1. The smallest absolute Gasteiger partial charge is 0.171 e. The summed E-state index contributed by atoms with van der Waals surface area (Å²) < 4.78 is 13.1. The van der Waals surface area contributed by atoms with Crippen LogP contribution < -0.4 is 0 Å². The highest BCUT2D eigenvalue weighted by atomic mass is 16.7. The Labute approximate surface area is 191 Å². The fraction of sp³-hybridized carbons (Fsp3) is 0.889. The van der Waals surface area contributed by atoms with E-state index in [2.05, 4.69) is 27.7 Å². The predicted molar refractivity (Wildman–Crippen MR) is 119 cm³/mol. The van der Waals surface area contributed by atoms with Crippen LogP contribution >= 0.6 is 0 Å². The van der Waals surface area contributed by atoms with Gasteiger partial charge in [0.05, 0.1) is 24.9 Å². The normalized spacial score (nSPS) is 59.2. The number of rotatable bonds is 0. The average Bonchev–Trinajstić information content (AvgIpc) is 3.18. The Morgan fingerprint density at radius 2 is 1.84 bits per heavy atom. The van der Waals surface area contributed by atoms with E-state index in [4.69, 9.17) is 9.47 Å². The van der Waals surface area contributed by atoms with Crippen molar-refractivity contribution in [2.75, 3.05) is 6.61 Å². The van der Waals surface area contributed by atoms with Crippen LogP contribution in [0.4, 0.5) is 0 Å². The van der Waals surface area contributed by atoms with E-state index in [1.807, 2.05) is 6.08 Å². The summed E-state index contributed by atoms with van der Waals surface area (Å²) in [5.74, 6) is 0.968. The van der Waals surface area contributed by atoms with Crippen LogP contribution in [0.1, 0.15) is 72.6 Å². The van der Waals surface area contributed by atoms with Crippen molar-refractivity contribution in [2.24, 2.45) is 46.3 Å². The molecule has 0 aromatic carbocycles. The van der Waals surface area contributed by atoms with Crippen molar-refractivity contribution in [1.82, 2.24) is 0 Å². The summed E-state index contributed by atoms with van der Waals surface area (Å²) in [4.78, 5) is 13.6. The minimum atomic E-state index is -0.512. The minimum Gasteiger partial charge on any atom is -0.393 e. The zero-order chi connectivity index (χ0) is 22.6. The molecule has 2 saturated heterocycles. The Hall–Kier alpha value is -0.750. The lowest BCUT2D eigenvalue weighted by Gasteiger charge is -2.59. The molecule has 32 heavy (non-hydrogen) atoms. The van der Waals surface area contributed by atoms with Crippen molar-refractivity contribution in [1.29, 1.82) is 0 Å². The first kappa shape index (κ1) is 21.8. The molecule has 4 aliphatic carbocycles. The van der Waals surface area contributed by atoms with Gasteiger partial charge in [0, 0.05) is 29.6 Å². The molecule has 6 aliphatic rings. The van der Waals surface area contributed by atoms with Crippen molar-refractivity contribution < 1.29 is 24.5 Å². The zero-order valence-electron chi connectivity index (χ0n) is 20.0. The van der Waals surface area contributed by atoms with Crippen molar-refractivity contribution >= 4 is 5.78 Å². The first-order valence-corrected chi connectivity index (χ1v) is 13.0. The molecule has 0 amide bonds. The average molecular weight is 445 g/mol. The zero-order valence-corrected chi connectivity index (χ0v) is 20.0. The van der Waals surface area contributed by atoms with Gasteiger partial charge >= 0.3 is 0 Å². The van der Waals surface area contributed by atoms with E-state index in [9.17, 15) is 15.0 Å². The first-order valence-electron chi connectivity index (χ1n) is 13.0. The fourth-order valence-corrected chi connectivity index (χ4v) is 9.36. The van der Waals surface area contributed by atoms with E-state index in [1.54, 1.807) is 0 Å². The third-order valence-corrected chi connectivity index (χ3v) is 11.3. The van der Waals surface area contributed by atoms with Gasteiger partial charge in [0.1, 0.15) is 0 Å². The van der Waals surface area contributed by atoms with Gasteiger partial charge in [0.2, 0.25) is 0 Å². The molecule has 6 rings (SSSR count). The molecule has 2 aliphatic heterocycles. The number of hydrogen-bond acceptors (Lipinski definition) is 5. The number of carbonyl (C=O) groups is 1. The third-order valence-electron chi connectivity index (χ3n) is 11.3. The molecule has 12 atom stereocenters. The van der Waals surface area contributed by atoms with E-state index < -0.39 is 11.9 Å². The largest absolute Gasteiger partial charge is 0.393 e. The maximum Gasteiger partial charge on any atom is 0.171 e. The number of ether oxygens (including phenoxy) is 2. The van der Waals surface area contributed by atoms with Gasteiger partial charge in [-0.1, -0.05) is 33.3 Å². The second-order valence-electron chi connectivity index (χ2n) is 12.7. The molecular formula is C27H40O5. The monoisotopic (exact) mass is 444 g/mol. The Morgan fingerprint density at radius 3 is 2.56 bits per heavy atom. The van der Waals surface area contributed by atoms with Crippen LogP contribution in [-0.2, 0) is 14.3 Å². The molecule has 2 N–H and O–H groups in total. The Bertz CT molecular complexity index is 843. The fourth-order valence-electron chi connectivity index (χ4n) is 9.36. The second-order valence-corrected chi connectivity index (χ2v) is 12.7. The molecule has 5 fully saturated rings. The maximum atomic E-state index is 13.6. The van der Waals surface area contributed by atoms with Gasteiger partial charge in [-0.2, -0.15) is 0 Å². The number of hydrogen-bond donors (Lipinski definition) is 2. The highest BCUT2D eigenvalue weighted by Gasteiger charge is 2.72. The molecule has 5 nitrogen and oxygen atoms in total. The molecular weight excluding hydrogens is 404 g/mol. The molecule has 178 valence electrons. The van der Waals surface area contributed by atoms with Crippen LogP contribution in [0.2, 0.25) is 0 Å². The standard InChI is InChI=1S/C27H40O5/c1-14-5-8-27(31-13-14)15(2)24-21(32-27)11-19-23-18(12-22(30)26(19,24)4)25(3)7-6-17(28)9-16(25)10-20(23)29/h10,14-15,17-19,21-24,28,30H,5-9,11-13H2,1-4H3/t14-,15+,17+,18+,19+,21+,22-,23-,24+,25+,26-,27-/m1/s1. The van der Waals surface area contributed by atoms with E-state index >= 15 is 0 Å². The Morgan fingerprint density at radius 1 is 1.06 bits per heavy atom. The number of aliphatic hydroxyl groups excluding tert-OH is 2. The summed E-state index contributed by atoms with van der Waals surface area (Å²) in [5, 5.41) is 22.0. The molecule has 0 unspecified atom stereocenters. The van der Waals surface area contributed by atoms with Gasteiger partial charge in [-0.25, -0.2) is 0 Å². The molecule has 1 spiro atoms. The van der Waals surface area contributed by atoms with Gasteiger partial charge in [-0.05, 0) is 67.8 Å². The third kappa shape index (κ3) is 2.63. The summed E-state index contributed by atoms with van der Waals surface area (Å²) in [6.07, 6.45) is 7.01. The molecule has 2 heterocycles.